The van der Waals surface area contributed by atoms with Gasteiger partial charge < -0.3 is 5.32 Å². The van der Waals surface area contributed by atoms with Gasteiger partial charge in [-0.25, -0.2) is 4.98 Å². The Bertz CT molecular complexity index is 509. The van der Waals surface area contributed by atoms with E-state index in [-0.39, 0.29) is 11.3 Å². The number of halogens is 1. The van der Waals surface area contributed by atoms with Gasteiger partial charge in [-0.3, -0.25) is 4.79 Å². The van der Waals surface area contributed by atoms with Gasteiger partial charge in [-0.05, 0) is 37.0 Å². The van der Waals surface area contributed by atoms with Crippen molar-refractivity contribution in [2.75, 3.05) is 11.2 Å². The Kier molecular flexibility index (Phi) is 4.25. The number of nitrogens with zero attached hydrogens (tertiary/aromatic N) is 1. The number of unbranched alkanes of at least 4 members (excludes halogenated alkanes) is 1. The fourth-order valence-electron chi connectivity index (χ4n) is 2.08. The zero-order valence-corrected chi connectivity index (χ0v) is 12.1. The van der Waals surface area contributed by atoms with Gasteiger partial charge in [-0.1, -0.05) is 26.0 Å². The number of hydrogen-bond donors (Lipinski definition) is 1. The topological polar surface area (TPSA) is 42.0 Å². The van der Waals surface area contributed by atoms with Gasteiger partial charge in [0, 0.05) is 11.3 Å². The van der Waals surface area contributed by atoms with Crippen LogP contribution in [0.1, 0.15) is 37.9 Å². The van der Waals surface area contributed by atoms with E-state index in [1.165, 1.54) is 0 Å². The second-order valence-corrected chi connectivity index (χ2v) is 5.87. The van der Waals surface area contributed by atoms with E-state index in [0.29, 0.717) is 11.7 Å². The SMILES string of the molecule is CC1(C)Cc2ccc(C=CCCCCl)nc2NC1=O. The minimum atomic E-state index is -0.355. The zero-order valence-electron chi connectivity index (χ0n) is 11.4. The lowest BCUT2D eigenvalue weighted by atomic mass is 9.82. The number of allylic oxidation sites excluding steroid dienone is 1. The van der Waals surface area contributed by atoms with Crippen molar-refractivity contribution in [1.29, 1.82) is 0 Å². The second-order valence-electron chi connectivity index (χ2n) is 5.49. The number of hydrogen-bond acceptors (Lipinski definition) is 2. The molecule has 19 heavy (non-hydrogen) atoms. The molecule has 1 amide bonds. The summed E-state index contributed by atoms with van der Waals surface area (Å²) in [6, 6.07) is 4.04. The molecule has 1 aliphatic heterocycles. The van der Waals surface area contributed by atoms with E-state index in [4.69, 9.17) is 11.6 Å². The van der Waals surface area contributed by atoms with E-state index in [1.54, 1.807) is 0 Å². The lowest BCUT2D eigenvalue weighted by Gasteiger charge is -2.29. The van der Waals surface area contributed by atoms with Crippen molar-refractivity contribution in [3.8, 4) is 0 Å². The zero-order chi connectivity index (χ0) is 13.9. The summed E-state index contributed by atoms with van der Waals surface area (Å²) in [6.45, 7) is 3.90. The van der Waals surface area contributed by atoms with Gasteiger partial charge >= 0.3 is 0 Å². The number of carbonyl (C=O) groups excluding carboxylic acids is 1. The van der Waals surface area contributed by atoms with Gasteiger partial charge in [0.1, 0.15) is 5.82 Å². The summed E-state index contributed by atoms with van der Waals surface area (Å²) in [6.07, 6.45) is 6.68. The molecule has 2 rings (SSSR count). The van der Waals surface area contributed by atoms with Crippen molar-refractivity contribution in [3.63, 3.8) is 0 Å². The van der Waals surface area contributed by atoms with Gasteiger partial charge in [-0.15, -0.1) is 11.6 Å². The maximum absolute atomic E-state index is 11.9. The van der Waals surface area contributed by atoms with E-state index < -0.39 is 0 Å². The number of rotatable bonds is 4. The van der Waals surface area contributed by atoms with Crippen LogP contribution in [-0.4, -0.2) is 16.8 Å². The van der Waals surface area contributed by atoms with Crippen molar-refractivity contribution < 1.29 is 4.79 Å². The average Bonchev–Trinajstić information content (AvgIpc) is 2.36. The van der Waals surface area contributed by atoms with Gasteiger partial charge in [-0.2, -0.15) is 0 Å². The molecule has 4 heteroatoms. The minimum absolute atomic E-state index is 0.0377. The molecule has 1 aromatic rings. The number of nitrogens with one attached hydrogen (secondary N) is 1. The lowest BCUT2D eigenvalue weighted by Crippen LogP contribution is -2.37. The second kappa shape index (κ2) is 5.74. The molecule has 3 nitrogen and oxygen atoms in total. The van der Waals surface area contributed by atoms with E-state index in [0.717, 1.165) is 30.5 Å². The van der Waals surface area contributed by atoms with Crippen molar-refractivity contribution in [3.05, 3.63) is 29.5 Å². The highest BCUT2D eigenvalue weighted by atomic mass is 35.5. The first-order valence-electron chi connectivity index (χ1n) is 6.57. The van der Waals surface area contributed by atoms with Crippen molar-refractivity contribution in [2.24, 2.45) is 5.41 Å². The smallest absolute Gasteiger partial charge is 0.231 e. The third kappa shape index (κ3) is 3.35. The molecule has 0 bridgehead atoms. The molecule has 0 spiro atoms. The van der Waals surface area contributed by atoms with Crippen LogP contribution in [0, 0.1) is 5.41 Å². The molecule has 102 valence electrons. The maximum Gasteiger partial charge on any atom is 0.231 e. The van der Waals surface area contributed by atoms with Crippen LogP contribution in [0.4, 0.5) is 5.82 Å². The number of amides is 1. The Morgan fingerprint density at radius 2 is 2.26 bits per heavy atom. The monoisotopic (exact) mass is 278 g/mol. The molecule has 1 N–H and O–H groups in total. The molecule has 1 aromatic heterocycles. The Balaban J connectivity index is 2.14. The van der Waals surface area contributed by atoms with Crippen molar-refractivity contribution in [1.82, 2.24) is 4.98 Å². The van der Waals surface area contributed by atoms with Gasteiger partial charge in [0.15, 0.2) is 0 Å². The Labute approximate surface area is 119 Å². The molecule has 2 heterocycles. The van der Waals surface area contributed by atoms with Crippen molar-refractivity contribution in [2.45, 2.75) is 33.1 Å². The molecular weight excluding hydrogens is 260 g/mol. The van der Waals surface area contributed by atoms with Crippen LogP contribution in [0.15, 0.2) is 18.2 Å². The van der Waals surface area contributed by atoms with Crippen LogP contribution in [0.3, 0.4) is 0 Å². The molecule has 0 atom stereocenters. The van der Waals surface area contributed by atoms with Crippen LogP contribution in [0.2, 0.25) is 0 Å². The highest BCUT2D eigenvalue weighted by Crippen LogP contribution is 2.32. The number of fused-ring (bicyclic) bond motifs is 1. The van der Waals surface area contributed by atoms with Crippen LogP contribution >= 0.6 is 11.6 Å². The predicted octanol–water partition coefficient (Wildman–Crippen LogP) is 3.63. The quantitative estimate of drug-likeness (QED) is 0.675. The third-order valence-electron chi connectivity index (χ3n) is 3.27. The summed E-state index contributed by atoms with van der Waals surface area (Å²) < 4.78 is 0. The molecule has 0 saturated heterocycles. The number of aromatic nitrogens is 1. The average molecular weight is 279 g/mol. The lowest BCUT2D eigenvalue weighted by molar-refractivity contribution is -0.124. The first kappa shape index (κ1) is 14.1. The van der Waals surface area contributed by atoms with Crippen LogP contribution < -0.4 is 5.32 Å². The van der Waals surface area contributed by atoms with Crippen LogP contribution in [0.25, 0.3) is 6.08 Å². The summed E-state index contributed by atoms with van der Waals surface area (Å²) in [7, 11) is 0. The molecule has 1 aliphatic rings. The summed E-state index contributed by atoms with van der Waals surface area (Å²) in [4.78, 5) is 16.4. The van der Waals surface area contributed by atoms with E-state index in [9.17, 15) is 4.79 Å². The van der Waals surface area contributed by atoms with E-state index >= 15 is 0 Å². The summed E-state index contributed by atoms with van der Waals surface area (Å²) >= 11 is 5.62. The van der Waals surface area contributed by atoms with Gasteiger partial charge in [0.25, 0.3) is 0 Å². The molecular formula is C15H19ClN2O. The number of pyridine rings is 1. The fraction of sp³-hybridized carbons (Fsp3) is 0.467. The van der Waals surface area contributed by atoms with Gasteiger partial charge in [0.2, 0.25) is 5.91 Å². The molecule has 0 fully saturated rings. The predicted molar refractivity (Wildman–Crippen MR) is 79.3 cm³/mol. The molecule has 0 radical (unpaired) electrons. The largest absolute Gasteiger partial charge is 0.310 e. The maximum atomic E-state index is 11.9. The highest BCUT2D eigenvalue weighted by molar-refractivity contribution is 6.17. The van der Waals surface area contributed by atoms with E-state index in [1.807, 2.05) is 32.1 Å². The van der Waals surface area contributed by atoms with Crippen LogP contribution in [-0.2, 0) is 11.2 Å². The van der Waals surface area contributed by atoms with Gasteiger partial charge in [0.05, 0.1) is 5.69 Å². The minimum Gasteiger partial charge on any atom is -0.310 e. The van der Waals surface area contributed by atoms with E-state index in [2.05, 4.69) is 16.4 Å². The number of alkyl halides is 1. The Hall–Kier alpha value is -1.35. The molecule has 0 unspecified atom stereocenters. The number of carbonyl (C=O) groups is 1. The Morgan fingerprint density at radius 3 is 3.00 bits per heavy atom. The molecule has 0 aliphatic carbocycles. The first-order chi connectivity index (χ1) is 9.03. The fourth-order valence-corrected chi connectivity index (χ4v) is 2.23. The molecule has 0 saturated carbocycles. The van der Waals surface area contributed by atoms with Crippen molar-refractivity contribution >= 4 is 29.4 Å². The number of anilines is 1. The standard InChI is InChI=1S/C15H19ClN2O/c1-15(2)10-11-7-8-12(6-4-3-5-9-16)17-13(11)18-14(15)19/h4,6-8H,3,5,9-10H2,1-2H3,(H,17,18,19). The first-order valence-corrected chi connectivity index (χ1v) is 7.10. The third-order valence-corrected chi connectivity index (χ3v) is 3.54. The normalized spacial score (nSPS) is 17.3. The Morgan fingerprint density at radius 1 is 1.47 bits per heavy atom. The highest BCUT2D eigenvalue weighted by Gasteiger charge is 2.33. The summed E-state index contributed by atoms with van der Waals surface area (Å²) in [5.41, 5.74) is 1.61. The van der Waals surface area contributed by atoms with Crippen LogP contribution in [0.5, 0.6) is 0 Å². The summed E-state index contributed by atoms with van der Waals surface area (Å²) in [5.74, 6) is 1.41. The summed E-state index contributed by atoms with van der Waals surface area (Å²) in [5, 5.41) is 2.89. The molecule has 0 aromatic carbocycles.